The van der Waals surface area contributed by atoms with Crippen LogP contribution in [0.15, 0.2) is 219 Å². The Balaban J connectivity index is 1.32. The maximum atomic E-state index is 7.32. The van der Waals surface area contributed by atoms with E-state index in [1.165, 1.54) is 49.5 Å². The van der Waals surface area contributed by atoms with Crippen LogP contribution in [-0.2, 0) is 19.4 Å². The lowest BCUT2D eigenvalue weighted by atomic mass is 9.81. The van der Waals surface area contributed by atoms with Gasteiger partial charge in [0.2, 0.25) is 0 Å². The summed E-state index contributed by atoms with van der Waals surface area (Å²) in [5.41, 5.74) is 17.3. The van der Waals surface area contributed by atoms with Crippen LogP contribution in [0.2, 0.25) is 0 Å². The second-order valence-corrected chi connectivity index (χ2v) is 16.1. The van der Waals surface area contributed by atoms with Crippen LogP contribution in [0.25, 0.3) is 71.7 Å². The Labute approximate surface area is 371 Å². The zero-order valence-electron chi connectivity index (χ0n) is 35.9. The summed E-state index contributed by atoms with van der Waals surface area (Å²) < 4.78 is 7.32. The molecule has 2 heteroatoms. The summed E-state index contributed by atoms with van der Waals surface area (Å²) in [6.07, 6.45) is 9.97. The predicted octanol–water partition coefficient (Wildman–Crippen LogP) is 16.6. The van der Waals surface area contributed by atoms with Crippen LogP contribution in [-0.4, -0.2) is 0 Å². The SMILES string of the molecule is C=C/C=C\C=C(/c1ccccc1)N(c1ccccc1)c1ccccc1-c1cccc2c1-c1ccccc1-c1ccc3c(CC)cccc3c1COc1c-2ccc2c(CC)cccc12. The molecule has 304 valence electrons. The summed E-state index contributed by atoms with van der Waals surface area (Å²) in [7, 11) is 0. The Hall–Kier alpha value is -7.68. The molecule has 0 spiro atoms. The van der Waals surface area contributed by atoms with E-state index in [2.05, 4.69) is 226 Å². The van der Waals surface area contributed by atoms with Gasteiger partial charge in [0, 0.05) is 27.8 Å². The summed E-state index contributed by atoms with van der Waals surface area (Å²) in [6, 6.07) is 68.7. The van der Waals surface area contributed by atoms with E-state index >= 15 is 0 Å². The van der Waals surface area contributed by atoms with Crippen LogP contribution in [0.4, 0.5) is 11.4 Å². The second-order valence-electron chi connectivity index (χ2n) is 16.1. The number of allylic oxidation sites excluding steroid dienone is 4. The van der Waals surface area contributed by atoms with Crippen LogP contribution >= 0.6 is 0 Å². The lowest BCUT2D eigenvalue weighted by Gasteiger charge is -2.31. The Kier molecular flexibility index (Phi) is 10.9. The summed E-state index contributed by atoms with van der Waals surface area (Å²) in [5, 5.41) is 4.88. The number of hydrogen-bond acceptors (Lipinski definition) is 2. The molecule has 1 heterocycles. The van der Waals surface area contributed by atoms with E-state index in [1.54, 1.807) is 0 Å². The highest BCUT2D eigenvalue weighted by molar-refractivity contribution is 6.08. The highest BCUT2D eigenvalue weighted by atomic mass is 16.5. The van der Waals surface area contributed by atoms with E-state index in [1.807, 2.05) is 12.2 Å². The molecule has 0 saturated heterocycles. The highest BCUT2D eigenvalue weighted by Gasteiger charge is 2.27. The van der Waals surface area contributed by atoms with Gasteiger partial charge in [-0.05, 0) is 109 Å². The number of anilines is 2. The topological polar surface area (TPSA) is 12.5 Å². The fraction of sp³-hybridized carbons (Fsp3) is 0.0820. The molecule has 0 N–H and O–H groups in total. The molecule has 0 bridgehead atoms. The number of benzene rings is 9. The Morgan fingerprint density at radius 1 is 0.492 bits per heavy atom. The van der Waals surface area contributed by atoms with Crippen molar-refractivity contribution in [1.29, 1.82) is 0 Å². The number of fused-ring (bicyclic) bond motifs is 11. The van der Waals surface area contributed by atoms with Crippen molar-refractivity contribution < 1.29 is 4.74 Å². The monoisotopic (exact) mass is 811 g/mol. The number of nitrogens with zero attached hydrogens (tertiary/aromatic N) is 1. The molecule has 0 amide bonds. The van der Waals surface area contributed by atoms with Crippen molar-refractivity contribution in [3.63, 3.8) is 0 Å². The van der Waals surface area contributed by atoms with Crippen LogP contribution < -0.4 is 9.64 Å². The molecule has 1 aliphatic rings. The molecular weight excluding hydrogens is 763 g/mol. The molecule has 0 radical (unpaired) electrons. The Morgan fingerprint density at radius 3 is 1.78 bits per heavy atom. The fourth-order valence-corrected chi connectivity index (χ4v) is 9.66. The first-order chi connectivity index (χ1) is 31.2. The highest BCUT2D eigenvalue weighted by Crippen LogP contribution is 2.52. The lowest BCUT2D eigenvalue weighted by molar-refractivity contribution is 0.313. The summed E-state index contributed by atoms with van der Waals surface area (Å²) in [6.45, 7) is 8.89. The van der Waals surface area contributed by atoms with E-state index in [-0.39, 0.29) is 0 Å². The largest absolute Gasteiger partial charge is 0.488 e. The predicted molar refractivity (Wildman–Crippen MR) is 269 cm³/mol. The van der Waals surface area contributed by atoms with E-state index in [0.717, 1.165) is 74.4 Å². The van der Waals surface area contributed by atoms with Gasteiger partial charge in [-0.2, -0.15) is 0 Å². The minimum absolute atomic E-state index is 0.440. The molecule has 9 aromatic rings. The van der Waals surface area contributed by atoms with Crippen LogP contribution in [0, 0.1) is 0 Å². The Morgan fingerprint density at radius 2 is 1.06 bits per heavy atom. The zero-order chi connectivity index (χ0) is 42.7. The van der Waals surface area contributed by atoms with Crippen molar-refractivity contribution in [1.82, 2.24) is 0 Å². The van der Waals surface area contributed by atoms with Gasteiger partial charge >= 0.3 is 0 Å². The van der Waals surface area contributed by atoms with Gasteiger partial charge < -0.3 is 9.64 Å². The third kappa shape index (κ3) is 7.14. The molecule has 0 fully saturated rings. The van der Waals surface area contributed by atoms with Crippen molar-refractivity contribution in [2.75, 3.05) is 4.90 Å². The standard InChI is InChI=1S/C61H49NO/c1-4-7-10-35-58(44-22-11-8-12-23-44)62(45-26-13-9-14-27-45)59-36-18-17-29-51(59)53-32-21-33-54-56-40-38-47-43(6-3)25-20-34-55(47)61(56)63-41-57-48-31-19-24-42(5-2)46(48)37-39-50(57)49-28-15-16-30-52(49)60(53)54/h4,7-40H,1,5-6,41H2,2-3H3/b10-7-,58-35+. The van der Waals surface area contributed by atoms with Gasteiger partial charge in [0.15, 0.2) is 0 Å². The molecule has 2 nitrogen and oxygen atoms in total. The first-order valence-electron chi connectivity index (χ1n) is 22.1. The minimum atomic E-state index is 0.440. The van der Waals surface area contributed by atoms with Crippen molar-refractivity contribution in [2.24, 2.45) is 0 Å². The smallest absolute Gasteiger partial charge is 0.135 e. The molecular formula is C61H49NO. The summed E-state index contributed by atoms with van der Waals surface area (Å²) >= 11 is 0. The first-order valence-corrected chi connectivity index (χ1v) is 22.1. The molecule has 0 aromatic heterocycles. The van der Waals surface area contributed by atoms with Gasteiger partial charge in [-0.1, -0.05) is 202 Å². The Bertz CT molecular complexity index is 3210. The van der Waals surface area contributed by atoms with Crippen molar-refractivity contribution in [3.05, 3.63) is 241 Å². The van der Waals surface area contributed by atoms with Crippen LogP contribution in [0.3, 0.4) is 0 Å². The second kappa shape index (κ2) is 17.4. The van der Waals surface area contributed by atoms with Gasteiger partial charge in [0.1, 0.15) is 12.4 Å². The molecule has 0 atom stereocenters. The van der Waals surface area contributed by atoms with Gasteiger partial charge in [-0.15, -0.1) is 0 Å². The summed E-state index contributed by atoms with van der Waals surface area (Å²) in [4.78, 5) is 2.40. The molecule has 9 aromatic carbocycles. The molecule has 0 aliphatic carbocycles. The van der Waals surface area contributed by atoms with E-state index in [0.29, 0.717) is 6.61 Å². The van der Waals surface area contributed by atoms with Crippen molar-refractivity contribution in [3.8, 4) is 50.3 Å². The average Bonchev–Trinajstić information content (AvgIpc) is 3.35. The normalized spacial score (nSPS) is 12.3. The third-order valence-electron chi connectivity index (χ3n) is 12.6. The maximum absolute atomic E-state index is 7.32. The first kappa shape index (κ1) is 39.5. The van der Waals surface area contributed by atoms with Crippen molar-refractivity contribution >= 4 is 38.6 Å². The molecule has 0 saturated carbocycles. The molecule has 0 unspecified atom stereocenters. The number of hydrogen-bond donors (Lipinski definition) is 0. The molecule has 63 heavy (non-hydrogen) atoms. The van der Waals surface area contributed by atoms with Gasteiger partial charge in [0.05, 0.1) is 11.4 Å². The maximum Gasteiger partial charge on any atom is 0.135 e. The quantitative estimate of drug-likeness (QED) is 0.135. The van der Waals surface area contributed by atoms with E-state index in [9.17, 15) is 0 Å². The van der Waals surface area contributed by atoms with E-state index < -0.39 is 0 Å². The number of rotatable bonds is 9. The number of ether oxygens (including phenoxy) is 1. The number of para-hydroxylation sites is 2. The average molecular weight is 812 g/mol. The van der Waals surface area contributed by atoms with Crippen molar-refractivity contribution in [2.45, 2.75) is 33.3 Å². The molecule has 1 aliphatic heterocycles. The van der Waals surface area contributed by atoms with Crippen LogP contribution in [0.5, 0.6) is 5.75 Å². The zero-order valence-corrected chi connectivity index (χ0v) is 35.9. The summed E-state index contributed by atoms with van der Waals surface area (Å²) in [5.74, 6) is 0.915. The number of aryl methyl sites for hydroxylation is 2. The van der Waals surface area contributed by atoms with E-state index in [4.69, 9.17) is 4.74 Å². The fourth-order valence-electron chi connectivity index (χ4n) is 9.66. The molecule has 10 rings (SSSR count). The van der Waals surface area contributed by atoms with Gasteiger partial charge in [-0.3, -0.25) is 0 Å². The van der Waals surface area contributed by atoms with Crippen LogP contribution in [0.1, 0.15) is 36.1 Å². The van der Waals surface area contributed by atoms with Gasteiger partial charge in [0.25, 0.3) is 0 Å². The minimum Gasteiger partial charge on any atom is -0.488 e. The lowest BCUT2D eigenvalue weighted by Crippen LogP contribution is -2.16. The van der Waals surface area contributed by atoms with Gasteiger partial charge in [-0.25, -0.2) is 0 Å². The third-order valence-corrected chi connectivity index (χ3v) is 12.6.